The van der Waals surface area contributed by atoms with Gasteiger partial charge in [-0.25, -0.2) is 0 Å². The highest BCUT2D eigenvalue weighted by molar-refractivity contribution is 5.73. The maximum Gasteiger partial charge on any atom is 0.320 e. The molecule has 94 valence electrons. The monoisotopic (exact) mass is 235 g/mol. The molecule has 1 aromatic rings. The van der Waals surface area contributed by atoms with Gasteiger partial charge in [0.1, 0.15) is 6.04 Å². The molecule has 0 bridgehead atoms. The van der Waals surface area contributed by atoms with Gasteiger partial charge in [-0.2, -0.15) is 0 Å². The van der Waals surface area contributed by atoms with Gasteiger partial charge in [0.15, 0.2) is 0 Å². The second-order valence-corrected chi connectivity index (χ2v) is 5.43. The Morgan fingerprint density at radius 1 is 1.29 bits per heavy atom. The van der Waals surface area contributed by atoms with Crippen LogP contribution in [0.5, 0.6) is 0 Å². The lowest BCUT2D eigenvalue weighted by Gasteiger charge is -2.19. The molecule has 0 aliphatic heterocycles. The summed E-state index contributed by atoms with van der Waals surface area (Å²) in [6, 6.07) is 7.53. The minimum absolute atomic E-state index is 0.149. The minimum Gasteiger partial charge on any atom is -0.480 e. The molecule has 0 amide bonds. The zero-order valence-corrected chi connectivity index (χ0v) is 10.7. The van der Waals surface area contributed by atoms with Crippen LogP contribution in [0.3, 0.4) is 0 Å². The molecule has 1 rings (SSSR count). The van der Waals surface area contributed by atoms with E-state index in [0.717, 1.165) is 5.56 Å². The van der Waals surface area contributed by atoms with Crippen molar-refractivity contribution in [3.8, 4) is 0 Å². The summed E-state index contributed by atoms with van der Waals surface area (Å²) in [7, 11) is 0. The predicted octanol–water partition coefficient (Wildman–Crippen LogP) is 2.33. The molecule has 0 heterocycles. The largest absolute Gasteiger partial charge is 0.480 e. The van der Waals surface area contributed by atoms with Crippen molar-refractivity contribution in [3.63, 3.8) is 0 Å². The van der Waals surface area contributed by atoms with Crippen LogP contribution >= 0.6 is 0 Å². The number of aliphatic carboxylic acids is 1. The van der Waals surface area contributed by atoms with E-state index in [9.17, 15) is 4.79 Å². The van der Waals surface area contributed by atoms with E-state index in [1.807, 2.05) is 0 Å². The van der Waals surface area contributed by atoms with Gasteiger partial charge in [-0.1, -0.05) is 45.0 Å². The number of nitrogens with two attached hydrogens (primary N) is 1. The first-order valence-electron chi connectivity index (χ1n) is 5.88. The van der Waals surface area contributed by atoms with Crippen molar-refractivity contribution in [1.82, 2.24) is 0 Å². The van der Waals surface area contributed by atoms with Crippen molar-refractivity contribution in [3.05, 3.63) is 35.4 Å². The molecule has 0 fully saturated rings. The summed E-state index contributed by atoms with van der Waals surface area (Å²) < 4.78 is 0. The summed E-state index contributed by atoms with van der Waals surface area (Å²) in [6.07, 6.45) is 1.18. The third kappa shape index (κ3) is 4.19. The van der Waals surface area contributed by atoms with Crippen LogP contribution in [0.4, 0.5) is 0 Å². The van der Waals surface area contributed by atoms with Gasteiger partial charge >= 0.3 is 5.97 Å². The van der Waals surface area contributed by atoms with E-state index in [4.69, 9.17) is 10.8 Å². The van der Waals surface area contributed by atoms with Gasteiger partial charge < -0.3 is 10.8 Å². The van der Waals surface area contributed by atoms with Crippen molar-refractivity contribution in [2.45, 2.75) is 45.1 Å². The molecular formula is C14H21NO2. The number of carboxylic acids is 1. The summed E-state index contributed by atoms with van der Waals surface area (Å²) in [4.78, 5) is 10.6. The smallest absolute Gasteiger partial charge is 0.320 e. The van der Waals surface area contributed by atoms with Gasteiger partial charge in [-0.15, -0.1) is 0 Å². The molecule has 3 N–H and O–H groups in total. The summed E-state index contributed by atoms with van der Waals surface area (Å²) in [5.74, 6) is -0.934. The highest BCUT2D eigenvalue weighted by atomic mass is 16.4. The van der Waals surface area contributed by atoms with Crippen molar-refractivity contribution >= 4 is 5.97 Å². The summed E-state index contributed by atoms with van der Waals surface area (Å²) >= 11 is 0. The summed E-state index contributed by atoms with van der Waals surface area (Å²) in [5, 5.41) is 8.69. The standard InChI is InChI=1S/C14H21NO2/c1-14(2,3)11-7-4-10(5-8-11)6-9-12(15)13(16)17/h4-5,7-8,12H,6,9,15H2,1-3H3,(H,16,17)/t12-/m1/s1. The molecule has 3 heteroatoms. The SMILES string of the molecule is CC(C)(C)c1ccc(CC[C@@H](N)C(=O)O)cc1. The van der Waals surface area contributed by atoms with E-state index in [-0.39, 0.29) is 5.41 Å². The third-order valence-electron chi connectivity index (χ3n) is 2.88. The average molecular weight is 235 g/mol. The van der Waals surface area contributed by atoms with Crippen LogP contribution in [0.1, 0.15) is 38.3 Å². The first-order valence-corrected chi connectivity index (χ1v) is 5.88. The number of carbonyl (C=O) groups is 1. The molecule has 0 saturated heterocycles. The van der Waals surface area contributed by atoms with Gasteiger partial charge in [0, 0.05) is 0 Å². The molecule has 0 aliphatic carbocycles. The maximum absolute atomic E-state index is 10.6. The van der Waals surface area contributed by atoms with E-state index >= 15 is 0 Å². The van der Waals surface area contributed by atoms with Gasteiger partial charge in [-0.3, -0.25) is 4.79 Å². The number of hydrogen-bond acceptors (Lipinski definition) is 2. The third-order valence-corrected chi connectivity index (χ3v) is 2.88. The van der Waals surface area contributed by atoms with Crippen molar-refractivity contribution in [2.75, 3.05) is 0 Å². The molecule has 17 heavy (non-hydrogen) atoms. The zero-order chi connectivity index (χ0) is 13.1. The lowest BCUT2D eigenvalue weighted by molar-refractivity contribution is -0.138. The Hall–Kier alpha value is -1.35. The fourth-order valence-corrected chi connectivity index (χ4v) is 1.62. The Labute approximate surface area is 103 Å². The van der Waals surface area contributed by atoms with Crippen LogP contribution in [-0.4, -0.2) is 17.1 Å². The molecule has 0 radical (unpaired) electrons. The second kappa shape index (κ2) is 5.32. The highest BCUT2D eigenvalue weighted by Gasteiger charge is 2.14. The van der Waals surface area contributed by atoms with Crippen molar-refractivity contribution in [1.29, 1.82) is 0 Å². The Bertz CT molecular complexity index is 376. The lowest BCUT2D eigenvalue weighted by Crippen LogP contribution is -2.30. The van der Waals surface area contributed by atoms with Crippen LogP contribution in [0, 0.1) is 0 Å². The van der Waals surface area contributed by atoms with E-state index in [1.54, 1.807) is 0 Å². The van der Waals surface area contributed by atoms with Gasteiger partial charge in [-0.05, 0) is 29.4 Å². The van der Waals surface area contributed by atoms with Crippen LogP contribution in [0.15, 0.2) is 24.3 Å². The van der Waals surface area contributed by atoms with Gasteiger partial charge in [0.05, 0.1) is 0 Å². The normalized spacial score (nSPS) is 13.4. The molecule has 3 nitrogen and oxygen atoms in total. The fraction of sp³-hybridized carbons (Fsp3) is 0.500. The predicted molar refractivity (Wildman–Crippen MR) is 69.1 cm³/mol. The molecule has 0 unspecified atom stereocenters. The minimum atomic E-state index is -0.934. The van der Waals surface area contributed by atoms with Crippen molar-refractivity contribution < 1.29 is 9.90 Å². The number of carboxylic acid groups (broad SMARTS) is 1. The molecular weight excluding hydrogens is 214 g/mol. The van der Waals surface area contributed by atoms with Crippen LogP contribution in [-0.2, 0) is 16.6 Å². The first kappa shape index (κ1) is 13.7. The fourth-order valence-electron chi connectivity index (χ4n) is 1.62. The average Bonchev–Trinajstić information content (AvgIpc) is 2.25. The molecule has 1 atom stereocenters. The molecule has 0 saturated carbocycles. The Morgan fingerprint density at radius 3 is 2.24 bits per heavy atom. The highest BCUT2D eigenvalue weighted by Crippen LogP contribution is 2.22. The van der Waals surface area contributed by atoms with E-state index in [0.29, 0.717) is 12.8 Å². The number of benzene rings is 1. The van der Waals surface area contributed by atoms with Gasteiger partial charge in [0.2, 0.25) is 0 Å². The topological polar surface area (TPSA) is 63.3 Å². The Kier molecular flexibility index (Phi) is 4.29. The van der Waals surface area contributed by atoms with Crippen molar-refractivity contribution in [2.24, 2.45) is 5.73 Å². The quantitative estimate of drug-likeness (QED) is 0.842. The van der Waals surface area contributed by atoms with Crippen LogP contribution in [0.2, 0.25) is 0 Å². The van der Waals surface area contributed by atoms with Gasteiger partial charge in [0.25, 0.3) is 0 Å². The van der Waals surface area contributed by atoms with E-state index in [1.165, 1.54) is 5.56 Å². The Balaban J connectivity index is 2.60. The maximum atomic E-state index is 10.6. The number of aryl methyl sites for hydroxylation is 1. The number of rotatable bonds is 4. The second-order valence-electron chi connectivity index (χ2n) is 5.43. The molecule has 0 aliphatic rings. The van der Waals surface area contributed by atoms with E-state index in [2.05, 4.69) is 45.0 Å². The van der Waals surface area contributed by atoms with Crippen LogP contribution in [0.25, 0.3) is 0 Å². The zero-order valence-electron chi connectivity index (χ0n) is 10.7. The Morgan fingerprint density at radius 2 is 1.82 bits per heavy atom. The lowest BCUT2D eigenvalue weighted by atomic mass is 9.86. The molecule has 0 aromatic heterocycles. The number of hydrogen-bond donors (Lipinski definition) is 2. The first-order chi connectivity index (χ1) is 7.80. The van der Waals surface area contributed by atoms with Crippen LogP contribution < -0.4 is 5.73 Å². The van der Waals surface area contributed by atoms with E-state index < -0.39 is 12.0 Å². The summed E-state index contributed by atoms with van der Waals surface area (Å²) in [6.45, 7) is 6.51. The molecule has 0 spiro atoms. The summed E-state index contributed by atoms with van der Waals surface area (Å²) in [5.41, 5.74) is 8.03. The molecule has 1 aromatic carbocycles.